The number of carbonyl (C=O) groups is 1. The highest BCUT2D eigenvalue weighted by molar-refractivity contribution is 7.61. The second kappa shape index (κ2) is 10.4. The van der Waals surface area contributed by atoms with Gasteiger partial charge in [0.2, 0.25) is 0 Å². The first-order valence-corrected chi connectivity index (χ1v) is 14.6. The van der Waals surface area contributed by atoms with Crippen molar-refractivity contribution >= 4 is 51.7 Å². The van der Waals surface area contributed by atoms with Crippen molar-refractivity contribution < 1.29 is 23.5 Å². The molecule has 0 atom stereocenters. The lowest BCUT2D eigenvalue weighted by Gasteiger charge is -2.18. The summed E-state index contributed by atoms with van der Waals surface area (Å²) in [6.45, 7) is 3.96. The highest BCUT2D eigenvalue weighted by Crippen LogP contribution is 2.47. The molecule has 4 aromatic carbocycles. The average molecular weight is 551 g/mol. The van der Waals surface area contributed by atoms with E-state index in [1.165, 1.54) is 4.57 Å². The van der Waals surface area contributed by atoms with E-state index in [4.69, 9.17) is 14.0 Å². The van der Waals surface area contributed by atoms with Crippen molar-refractivity contribution in [2.45, 2.75) is 13.8 Å². The van der Waals surface area contributed by atoms with Crippen LogP contribution in [-0.4, -0.2) is 34.0 Å². The van der Waals surface area contributed by atoms with Crippen LogP contribution in [0.15, 0.2) is 97.1 Å². The molecule has 7 nitrogen and oxygen atoms in total. The third kappa shape index (κ3) is 4.38. The maximum atomic E-state index is 13.7. The van der Waals surface area contributed by atoms with Gasteiger partial charge in [-0.1, -0.05) is 66.7 Å². The first kappa shape index (κ1) is 26.0. The number of para-hydroxylation sites is 1. The molecule has 0 spiro atoms. The van der Waals surface area contributed by atoms with Gasteiger partial charge in [0.15, 0.2) is 5.44 Å². The summed E-state index contributed by atoms with van der Waals surface area (Å²) in [7, 11) is -3.64. The highest BCUT2D eigenvalue weighted by Gasteiger charge is 2.29. The fraction of sp³-hybridized carbons (Fsp3) is 0.125. The number of hydrogen-bond donors (Lipinski definition) is 1. The minimum absolute atomic E-state index is 0.214. The second-order valence-electron chi connectivity index (χ2n) is 9.33. The quantitative estimate of drug-likeness (QED) is 0.202. The molecule has 8 heteroatoms. The normalized spacial score (nSPS) is 11.9. The van der Waals surface area contributed by atoms with Crippen LogP contribution >= 0.6 is 7.60 Å². The van der Waals surface area contributed by atoms with Crippen molar-refractivity contribution in [2.24, 2.45) is 0 Å². The molecule has 0 amide bonds. The van der Waals surface area contributed by atoms with Crippen LogP contribution in [0.2, 0.25) is 0 Å². The van der Waals surface area contributed by atoms with Crippen LogP contribution in [0.5, 0.6) is 0 Å². The van der Waals surface area contributed by atoms with Gasteiger partial charge in [0.25, 0.3) is 0 Å². The first-order chi connectivity index (χ1) is 19.4. The van der Waals surface area contributed by atoms with Crippen molar-refractivity contribution in [1.82, 2.24) is 9.55 Å². The van der Waals surface area contributed by atoms with Crippen molar-refractivity contribution in [1.29, 1.82) is 0 Å². The molecule has 2 aromatic heterocycles. The molecule has 1 N–H and O–H groups in total. The van der Waals surface area contributed by atoms with Gasteiger partial charge in [0.1, 0.15) is 0 Å². The minimum Gasteiger partial charge on any atom is -0.464 e. The lowest BCUT2D eigenvalue weighted by Crippen LogP contribution is -2.14. The zero-order valence-electron chi connectivity index (χ0n) is 22.1. The molecule has 0 radical (unpaired) electrons. The Morgan fingerprint density at radius 2 is 1.50 bits per heavy atom. The summed E-state index contributed by atoms with van der Waals surface area (Å²) in [4.78, 5) is 17.3. The van der Waals surface area contributed by atoms with Crippen LogP contribution in [0, 0.1) is 0 Å². The summed E-state index contributed by atoms with van der Waals surface area (Å²) < 4.78 is 26.1. The minimum atomic E-state index is -3.64. The Morgan fingerprint density at radius 1 is 0.800 bits per heavy atom. The summed E-state index contributed by atoms with van der Waals surface area (Å²) >= 11 is 0. The molecule has 6 aromatic rings. The Bertz CT molecular complexity index is 1950. The highest BCUT2D eigenvalue weighted by atomic mass is 31.2. The average Bonchev–Trinajstić information content (AvgIpc) is 3.36. The van der Waals surface area contributed by atoms with Gasteiger partial charge in [-0.15, -0.1) is 0 Å². The van der Waals surface area contributed by atoms with Crippen molar-refractivity contribution in [3.8, 4) is 22.4 Å². The third-order valence-corrected chi connectivity index (χ3v) is 8.94. The first-order valence-electron chi connectivity index (χ1n) is 13.1. The predicted molar refractivity (Wildman–Crippen MR) is 160 cm³/mol. The standard InChI is InChI=1S/C32H27N2O5P/c1-3-38-40(37,39-4-2)30-17-16-23-18-24(29-20-22-11-6-8-15-28(22)34(29)32(35)36)19-27(31(23)33-30)26-14-9-12-21-10-5-7-13-25(21)26/h5-20H,3-4H2,1-2H3,(H,35,36). The lowest BCUT2D eigenvalue weighted by atomic mass is 9.94. The summed E-state index contributed by atoms with van der Waals surface area (Å²) in [6.07, 6.45) is -1.06. The van der Waals surface area contributed by atoms with Crippen LogP contribution in [-0.2, 0) is 13.6 Å². The van der Waals surface area contributed by atoms with Gasteiger partial charge in [-0.05, 0) is 60.5 Å². The largest absolute Gasteiger partial charge is 0.464 e. The molecule has 6 rings (SSSR count). The maximum absolute atomic E-state index is 13.7. The zero-order chi connectivity index (χ0) is 27.9. The van der Waals surface area contributed by atoms with Gasteiger partial charge in [-0.2, -0.15) is 0 Å². The molecule has 200 valence electrons. The van der Waals surface area contributed by atoms with E-state index < -0.39 is 13.7 Å². The van der Waals surface area contributed by atoms with Gasteiger partial charge in [-0.25, -0.2) is 14.3 Å². The fourth-order valence-corrected chi connectivity index (χ4v) is 6.77. The molecule has 0 aliphatic rings. The Balaban J connectivity index is 1.69. The van der Waals surface area contributed by atoms with Crippen LogP contribution in [0.4, 0.5) is 4.79 Å². The molecule has 0 fully saturated rings. The van der Waals surface area contributed by atoms with Crippen LogP contribution in [0.1, 0.15) is 13.8 Å². The molecule has 40 heavy (non-hydrogen) atoms. The predicted octanol–water partition coefficient (Wildman–Crippen LogP) is 8.09. The number of rotatable bonds is 7. The molecular formula is C32H27N2O5P. The Morgan fingerprint density at radius 3 is 2.25 bits per heavy atom. The van der Waals surface area contributed by atoms with Crippen molar-refractivity contribution in [3.63, 3.8) is 0 Å². The fourth-order valence-electron chi connectivity index (χ4n) is 5.27. The molecule has 0 saturated heterocycles. The summed E-state index contributed by atoms with van der Waals surface area (Å²) in [6, 6.07) is 30.8. The van der Waals surface area contributed by atoms with Crippen LogP contribution in [0.25, 0.3) is 55.0 Å². The summed E-state index contributed by atoms with van der Waals surface area (Å²) in [5, 5.41) is 13.9. The Labute approximate surface area is 231 Å². The van der Waals surface area contributed by atoms with E-state index in [0.29, 0.717) is 16.7 Å². The Kier molecular flexibility index (Phi) is 6.72. The van der Waals surface area contributed by atoms with E-state index in [9.17, 15) is 14.5 Å². The number of nitrogens with zero attached hydrogens (tertiary/aromatic N) is 2. The van der Waals surface area contributed by atoms with Gasteiger partial charge < -0.3 is 14.2 Å². The number of benzene rings is 4. The molecule has 0 saturated carbocycles. The lowest BCUT2D eigenvalue weighted by molar-refractivity contribution is 0.198. The van der Waals surface area contributed by atoms with E-state index in [-0.39, 0.29) is 18.6 Å². The third-order valence-electron chi connectivity index (χ3n) is 6.93. The van der Waals surface area contributed by atoms with Gasteiger partial charge in [0.05, 0.1) is 29.9 Å². The number of carboxylic acid groups (broad SMARTS) is 1. The van der Waals surface area contributed by atoms with Crippen LogP contribution < -0.4 is 5.44 Å². The molecule has 0 aliphatic heterocycles. The zero-order valence-corrected chi connectivity index (χ0v) is 23.0. The van der Waals surface area contributed by atoms with E-state index in [1.807, 2.05) is 84.9 Å². The summed E-state index contributed by atoms with van der Waals surface area (Å²) in [5.41, 5.74) is 4.45. The van der Waals surface area contributed by atoms with E-state index in [1.54, 1.807) is 26.0 Å². The smallest absolute Gasteiger partial charge is 0.416 e. The van der Waals surface area contributed by atoms with E-state index in [0.717, 1.165) is 38.2 Å². The maximum Gasteiger partial charge on any atom is 0.416 e. The van der Waals surface area contributed by atoms with Gasteiger partial charge in [0, 0.05) is 21.9 Å². The van der Waals surface area contributed by atoms with Crippen molar-refractivity contribution in [3.05, 3.63) is 97.1 Å². The van der Waals surface area contributed by atoms with Gasteiger partial charge in [-0.3, -0.25) is 4.57 Å². The van der Waals surface area contributed by atoms with Crippen molar-refractivity contribution in [2.75, 3.05) is 13.2 Å². The van der Waals surface area contributed by atoms with E-state index in [2.05, 4.69) is 0 Å². The number of hydrogen-bond acceptors (Lipinski definition) is 5. The number of pyridine rings is 1. The van der Waals surface area contributed by atoms with Gasteiger partial charge >= 0.3 is 13.7 Å². The van der Waals surface area contributed by atoms with E-state index >= 15 is 0 Å². The monoisotopic (exact) mass is 550 g/mol. The number of fused-ring (bicyclic) bond motifs is 3. The Hall–Kier alpha value is -4.29. The van der Waals surface area contributed by atoms with Crippen LogP contribution in [0.3, 0.4) is 0 Å². The molecule has 2 heterocycles. The molecule has 0 aliphatic carbocycles. The SMILES string of the molecule is CCOP(=O)(OCC)c1ccc2cc(-c3cc4ccccc4n3C(=O)O)cc(-c3cccc4ccccc34)c2n1. The summed E-state index contributed by atoms with van der Waals surface area (Å²) in [5.74, 6) is 0. The molecule has 0 bridgehead atoms. The second-order valence-corrected chi connectivity index (χ2v) is 11.3. The molecular weight excluding hydrogens is 523 g/mol. The molecule has 0 unspecified atom stereocenters. The number of aromatic nitrogens is 2. The topological polar surface area (TPSA) is 90.7 Å².